The summed E-state index contributed by atoms with van der Waals surface area (Å²) in [5.41, 5.74) is 1.26. The van der Waals surface area contributed by atoms with Crippen molar-refractivity contribution in [2.45, 2.75) is 25.7 Å². The number of hydrogen-bond donors (Lipinski definition) is 0. The van der Waals surface area contributed by atoms with Crippen molar-refractivity contribution in [3.63, 3.8) is 0 Å². The molecule has 8 heteroatoms. The van der Waals surface area contributed by atoms with Crippen molar-refractivity contribution in [3.8, 4) is 0 Å². The molecule has 1 heterocycles. The first-order valence-electron chi connectivity index (χ1n) is 9.39. The lowest BCUT2D eigenvalue weighted by Gasteiger charge is -2.18. The van der Waals surface area contributed by atoms with E-state index in [1.165, 1.54) is 16.4 Å². The van der Waals surface area contributed by atoms with Crippen molar-refractivity contribution >= 4 is 56.3 Å². The molecule has 1 aromatic heterocycles. The molecule has 3 rings (SSSR count). The molecule has 5 nitrogen and oxygen atoms in total. The molecule has 30 heavy (non-hydrogen) atoms. The van der Waals surface area contributed by atoms with Crippen molar-refractivity contribution in [1.82, 2.24) is 4.31 Å². The Labute approximate surface area is 185 Å². The molecule has 0 saturated heterocycles. The van der Waals surface area contributed by atoms with Gasteiger partial charge in [-0.15, -0.1) is 0 Å². The Kier molecular flexibility index (Phi) is 6.72. The maximum atomic E-state index is 12.7. The third-order valence-electron chi connectivity index (χ3n) is 4.83. The highest BCUT2D eigenvalue weighted by atomic mass is 35.5. The molecule has 0 bridgehead atoms. The fourth-order valence-electron chi connectivity index (χ4n) is 3.13. The van der Waals surface area contributed by atoms with Gasteiger partial charge in [-0.3, -0.25) is 4.79 Å². The van der Waals surface area contributed by atoms with Gasteiger partial charge in [-0.2, -0.15) is 4.31 Å². The molecule has 0 aliphatic carbocycles. The zero-order valence-corrected chi connectivity index (χ0v) is 19.1. The number of fused-ring (bicyclic) bond motifs is 1. The van der Waals surface area contributed by atoms with Gasteiger partial charge in [0.15, 0.2) is 11.0 Å². The van der Waals surface area contributed by atoms with Gasteiger partial charge >= 0.3 is 0 Å². The SMILES string of the molecule is CCN(CC)S(=O)(=O)c1ccc(/C=C/c2oc3c(Cl)cc(Cl)cc3c(=O)c2C)cc1. The van der Waals surface area contributed by atoms with Crippen LogP contribution in [0.25, 0.3) is 23.1 Å². The Balaban J connectivity index is 1.96. The van der Waals surface area contributed by atoms with E-state index in [9.17, 15) is 13.2 Å². The molecule has 0 atom stereocenters. The van der Waals surface area contributed by atoms with Gasteiger partial charge in [-0.05, 0) is 42.8 Å². The summed E-state index contributed by atoms with van der Waals surface area (Å²) in [5, 5.41) is 0.950. The zero-order chi connectivity index (χ0) is 22.1. The first kappa shape index (κ1) is 22.6. The third-order valence-corrected chi connectivity index (χ3v) is 7.39. The molecule has 2 aromatic carbocycles. The van der Waals surface area contributed by atoms with Crippen LogP contribution < -0.4 is 5.43 Å². The van der Waals surface area contributed by atoms with E-state index < -0.39 is 10.0 Å². The Bertz CT molecular complexity index is 1280. The molecule has 0 radical (unpaired) electrons. The average molecular weight is 466 g/mol. The van der Waals surface area contributed by atoms with Gasteiger partial charge in [0, 0.05) is 23.7 Å². The van der Waals surface area contributed by atoms with E-state index in [1.54, 1.807) is 57.2 Å². The average Bonchev–Trinajstić information content (AvgIpc) is 2.71. The number of nitrogens with zero attached hydrogens (tertiary/aromatic N) is 1. The second kappa shape index (κ2) is 8.94. The lowest BCUT2D eigenvalue weighted by molar-refractivity contribution is 0.445. The smallest absolute Gasteiger partial charge is 0.243 e. The van der Waals surface area contributed by atoms with Gasteiger partial charge in [-0.1, -0.05) is 55.3 Å². The summed E-state index contributed by atoms with van der Waals surface area (Å²) in [6.07, 6.45) is 3.41. The molecule has 0 spiro atoms. The van der Waals surface area contributed by atoms with Crippen LogP contribution in [0.1, 0.15) is 30.7 Å². The summed E-state index contributed by atoms with van der Waals surface area (Å²) in [7, 11) is -3.51. The normalized spacial score (nSPS) is 12.3. The van der Waals surface area contributed by atoms with Gasteiger partial charge in [0.05, 0.1) is 15.3 Å². The number of halogens is 2. The molecule has 0 fully saturated rings. The van der Waals surface area contributed by atoms with Crippen molar-refractivity contribution in [2.24, 2.45) is 0 Å². The summed E-state index contributed by atoms with van der Waals surface area (Å²) in [6.45, 7) is 6.10. The van der Waals surface area contributed by atoms with Crippen LogP contribution >= 0.6 is 23.2 Å². The van der Waals surface area contributed by atoms with E-state index in [4.69, 9.17) is 27.6 Å². The Morgan fingerprint density at radius 1 is 1.03 bits per heavy atom. The monoisotopic (exact) mass is 465 g/mol. The highest BCUT2D eigenvalue weighted by Gasteiger charge is 2.21. The standard InChI is InChI=1S/C22H21Cl2NO4S/c1-4-25(5-2)30(27,28)17-9-6-15(7-10-17)8-11-20-14(3)21(26)18-12-16(23)13-19(24)22(18)29-20/h6-13H,4-5H2,1-3H3/b11-8+. The van der Waals surface area contributed by atoms with Crippen LogP contribution in [0.5, 0.6) is 0 Å². The highest BCUT2D eigenvalue weighted by molar-refractivity contribution is 7.89. The topological polar surface area (TPSA) is 67.6 Å². The highest BCUT2D eigenvalue weighted by Crippen LogP contribution is 2.28. The van der Waals surface area contributed by atoms with Gasteiger partial charge in [-0.25, -0.2) is 8.42 Å². The second-order valence-electron chi connectivity index (χ2n) is 6.68. The number of benzene rings is 2. The summed E-state index contributed by atoms with van der Waals surface area (Å²) in [5.74, 6) is 0.372. The number of sulfonamides is 1. The summed E-state index contributed by atoms with van der Waals surface area (Å²) < 4.78 is 32.4. The first-order valence-corrected chi connectivity index (χ1v) is 11.6. The van der Waals surface area contributed by atoms with Gasteiger partial charge in [0.25, 0.3) is 0 Å². The lowest BCUT2D eigenvalue weighted by atomic mass is 10.1. The van der Waals surface area contributed by atoms with Crippen molar-refractivity contribution < 1.29 is 12.8 Å². The fraction of sp³-hybridized carbons (Fsp3) is 0.227. The number of hydrogen-bond acceptors (Lipinski definition) is 4. The Morgan fingerprint density at radius 2 is 1.67 bits per heavy atom. The summed E-state index contributed by atoms with van der Waals surface area (Å²) >= 11 is 12.2. The zero-order valence-electron chi connectivity index (χ0n) is 16.8. The molecular formula is C22H21Cl2NO4S. The summed E-state index contributed by atoms with van der Waals surface area (Å²) in [4.78, 5) is 12.9. The van der Waals surface area contributed by atoms with E-state index in [0.717, 1.165) is 5.56 Å². The molecule has 0 amide bonds. The molecule has 0 N–H and O–H groups in total. The van der Waals surface area contributed by atoms with Crippen LogP contribution in [0.15, 0.2) is 50.5 Å². The minimum absolute atomic E-state index is 0.207. The molecular weight excluding hydrogens is 445 g/mol. The molecule has 158 valence electrons. The minimum atomic E-state index is -3.51. The predicted molar refractivity (Wildman–Crippen MR) is 123 cm³/mol. The van der Waals surface area contributed by atoms with Crippen molar-refractivity contribution in [2.75, 3.05) is 13.1 Å². The van der Waals surface area contributed by atoms with Crippen LogP contribution in [0.3, 0.4) is 0 Å². The second-order valence-corrected chi connectivity index (χ2v) is 9.46. The molecule has 0 aliphatic heterocycles. The Hall–Kier alpha value is -2.12. The molecule has 0 unspecified atom stereocenters. The van der Waals surface area contributed by atoms with E-state index in [2.05, 4.69) is 0 Å². The largest absolute Gasteiger partial charge is 0.455 e. The maximum Gasteiger partial charge on any atom is 0.243 e. The molecule has 3 aromatic rings. The predicted octanol–water partition coefficient (Wildman–Crippen LogP) is 5.61. The minimum Gasteiger partial charge on any atom is -0.455 e. The van der Waals surface area contributed by atoms with Crippen LogP contribution in [0, 0.1) is 6.92 Å². The van der Waals surface area contributed by atoms with Crippen LogP contribution in [0.2, 0.25) is 10.0 Å². The van der Waals surface area contributed by atoms with E-state index in [0.29, 0.717) is 34.8 Å². The third kappa shape index (κ3) is 4.32. The fourth-order valence-corrected chi connectivity index (χ4v) is 5.12. The van der Waals surface area contributed by atoms with Crippen LogP contribution in [-0.4, -0.2) is 25.8 Å². The van der Waals surface area contributed by atoms with Crippen molar-refractivity contribution in [1.29, 1.82) is 0 Å². The Morgan fingerprint density at radius 3 is 2.27 bits per heavy atom. The maximum absolute atomic E-state index is 12.7. The van der Waals surface area contributed by atoms with Gasteiger partial charge in [0.2, 0.25) is 10.0 Å². The van der Waals surface area contributed by atoms with Gasteiger partial charge in [0.1, 0.15) is 5.76 Å². The van der Waals surface area contributed by atoms with E-state index >= 15 is 0 Å². The van der Waals surface area contributed by atoms with Crippen molar-refractivity contribution in [3.05, 3.63) is 73.6 Å². The molecule has 0 saturated carbocycles. The quantitative estimate of drug-likeness (QED) is 0.474. The van der Waals surface area contributed by atoms with Crippen LogP contribution in [0.4, 0.5) is 0 Å². The summed E-state index contributed by atoms with van der Waals surface area (Å²) in [6, 6.07) is 9.59. The van der Waals surface area contributed by atoms with E-state index in [1.807, 2.05) is 0 Å². The van der Waals surface area contributed by atoms with Crippen LogP contribution in [-0.2, 0) is 10.0 Å². The molecule has 0 aliphatic rings. The van der Waals surface area contributed by atoms with Gasteiger partial charge < -0.3 is 4.42 Å². The first-order chi connectivity index (χ1) is 14.2. The van der Waals surface area contributed by atoms with E-state index in [-0.39, 0.29) is 20.9 Å². The number of rotatable bonds is 6. The lowest BCUT2D eigenvalue weighted by Crippen LogP contribution is -2.30.